The van der Waals surface area contributed by atoms with Gasteiger partial charge in [-0.1, -0.05) is 33.8 Å². The van der Waals surface area contributed by atoms with E-state index in [-0.39, 0.29) is 6.04 Å². The lowest BCUT2D eigenvalue weighted by molar-refractivity contribution is -0.111. The van der Waals surface area contributed by atoms with Crippen molar-refractivity contribution in [3.05, 3.63) is 12.3 Å². The van der Waals surface area contributed by atoms with E-state index in [1.54, 1.807) is 0 Å². The van der Waals surface area contributed by atoms with Crippen molar-refractivity contribution in [2.24, 2.45) is 5.73 Å². The van der Waals surface area contributed by atoms with Gasteiger partial charge in [-0.3, -0.25) is 0 Å². The number of likely N-dealkylation sites (tertiary alicyclic amines) is 1. The standard InChI is InChI=1S/C9H15NO.C3H8.CH5N/c1-3-9(7-11)10-6-4-5-8(10)2;1-3-2;1-2/h7,9H,2-6H2,1H3;3H2,1-2H3;2H2,1H3. The van der Waals surface area contributed by atoms with Crippen LogP contribution in [-0.2, 0) is 4.79 Å². The van der Waals surface area contributed by atoms with Crippen LogP contribution in [0.25, 0.3) is 0 Å². The summed E-state index contributed by atoms with van der Waals surface area (Å²) in [6, 6.07) is 0.0741. The molecule has 3 nitrogen and oxygen atoms in total. The number of hydrogen-bond acceptors (Lipinski definition) is 3. The molecule has 1 aliphatic rings. The van der Waals surface area contributed by atoms with E-state index in [0.717, 1.165) is 37.8 Å². The number of nitrogens with two attached hydrogens (primary N) is 1. The Hall–Kier alpha value is -0.830. The minimum atomic E-state index is 0.0741. The fourth-order valence-corrected chi connectivity index (χ4v) is 1.55. The highest BCUT2D eigenvalue weighted by Crippen LogP contribution is 2.21. The van der Waals surface area contributed by atoms with Gasteiger partial charge in [0.1, 0.15) is 6.29 Å². The van der Waals surface area contributed by atoms with Gasteiger partial charge >= 0.3 is 0 Å². The van der Waals surface area contributed by atoms with E-state index < -0.39 is 0 Å². The second kappa shape index (κ2) is 12.2. The number of hydrogen-bond donors (Lipinski definition) is 1. The minimum absolute atomic E-state index is 0.0741. The number of aldehydes is 1. The third kappa shape index (κ3) is 6.62. The van der Waals surface area contributed by atoms with E-state index in [4.69, 9.17) is 0 Å². The summed E-state index contributed by atoms with van der Waals surface area (Å²) in [5, 5.41) is 0. The van der Waals surface area contributed by atoms with Gasteiger partial charge in [0.2, 0.25) is 0 Å². The second-order valence-corrected chi connectivity index (χ2v) is 3.68. The Morgan fingerprint density at radius 3 is 2.19 bits per heavy atom. The summed E-state index contributed by atoms with van der Waals surface area (Å²) >= 11 is 0. The molecule has 2 N–H and O–H groups in total. The van der Waals surface area contributed by atoms with Crippen LogP contribution >= 0.6 is 0 Å². The van der Waals surface area contributed by atoms with Gasteiger partial charge < -0.3 is 15.4 Å². The maximum Gasteiger partial charge on any atom is 0.142 e. The molecule has 0 radical (unpaired) electrons. The van der Waals surface area contributed by atoms with E-state index in [0.29, 0.717) is 0 Å². The quantitative estimate of drug-likeness (QED) is 0.755. The van der Waals surface area contributed by atoms with Gasteiger partial charge in [-0.2, -0.15) is 0 Å². The van der Waals surface area contributed by atoms with Crippen LogP contribution in [-0.4, -0.2) is 30.8 Å². The predicted octanol–water partition coefficient (Wildman–Crippen LogP) is 2.56. The molecule has 0 aromatic rings. The third-order valence-corrected chi connectivity index (χ3v) is 2.25. The van der Waals surface area contributed by atoms with E-state index in [9.17, 15) is 4.79 Å². The molecule has 1 heterocycles. The van der Waals surface area contributed by atoms with Crippen LogP contribution in [0.2, 0.25) is 0 Å². The van der Waals surface area contributed by atoms with Crippen LogP contribution in [0.3, 0.4) is 0 Å². The number of rotatable bonds is 3. The summed E-state index contributed by atoms with van der Waals surface area (Å²) in [4.78, 5) is 12.7. The maximum absolute atomic E-state index is 10.6. The molecule has 0 saturated carbocycles. The third-order valence-electron chi connectivity index (χ3n) is 2.25. The molecule has 0 aromatic carbocycles. The first-order valence-electron chi connectivity index (χ1n) is 6.18. The zero-order valence-corrected chi connectivity index (χ0v) is 11.3. The average molecular weight is 228 g/mol. The van der Waals surface area contributed by atoms with Crippen molar-refractivity contribution >= 4 is 6.29 Å². The first-order valence-corrected chi connectivity index (χ1v) is 6.18. The van der Waals surface area contributed by atoms with Gasteiger partial charge in [0.25, 0.3) is 0 Å². The van der Waals surface area contributed by atoms with Gasteiger partial charge in [0, 0.05) is 12.2 Å². The summed E-state index contributed by atoms with van der Waals surface area (Å²) in [5.41, 5.74) is 5.63. The molecule has 1 saturated heterocycles. The molecule has 96 valence electrons. The smallest absolute Gasteiger partial charge is 0.142 e. The van der Waals surface area contributed by atoms with Crippen LogP contribution in [0.15, 0.2) is 12.3 Å². The van der Waals surface area contributed by atoms with Crippen LogP contribution in [0, 0.1) is 0 Å². The zero-order valence-electron chi connectivity index (χ0n) is 11.3. The van der Waals surface area contributed by atoms with Crippen molar-refractivity contribution < 1.29 is 4.79 Å². The summed E-state index contributed by atoms with van der Waals surface area (Å²) < 4.78 is 0. The zero-order chi connectivity index (χ0) is 13.0. The SMILES string of the molecule is C=C1CCCN1C(C=O)CC.CCC.CN. The second-order valence-electron chi connectivity index (χ2n) is 3.68. The molecule has 0 spiro atoms. The Morgan fingerprint density at radius 2 is 1.94 bits per heavy atom. The number of carbonyl (C=O) groups is 1. The Balaban J connectivity index is 0. The molecule has 0 aliphatic carbocycles. The molecule has 16 heavy (non-hydrogen) atoms. The molecule has 1 unspecified atom stereocenters. The highest BCUT2D eigenvalue weighted by Gasteiger charge is 2.21. The van der Waals surface area contributed by atoms with Crippen molar-refractivity contribution in [1.29, 1.82) is 0 Å². The summed E-state index contributed by atoms with van der Waals surface area (Å²) in [6.45, 7) is 11.2. The molecule has 1 rings (SSSR count). The van der Waals surface area contributed by atoms with Gasteiger partial charge in [-0.25, -0.2) is 0 Å². The fourth-order valence-electron chi connectivity index (χ4n) is 1.55. The average Bonchev–Trinajstić information content (AvgIpc) is 2.71. The first-order chi connectivity index (χ1) is 7.71. The summed E-state index contributed by atoms with van der Waals surface area (Å²) in [7, 11) is 1.50. The normalized spacial score (nSPS) is 15.6. The topological polar surface area (TPSA) is 46.3 Å². The largest absolute Gasteiger partial charge is 0.366 e. The van der Waals surface area contributed by atoms with Crippen LogP contribution in [0.5, 0.6) is 0 Å². The Kier molecular flexibility index (Phi) is 13.4. The van der Waals surface area contributed by atoms with E-state index in [1.165, 1.54) is 13.5 Å². The van der Waals surface area contributed by atoms with Crippen LogP contribution in [0.1, 0.15) is 46.5 Å². The van der Waals surface area contributed by atoms with Gasteiger partial charge in [0.15, 0.2) is 0 Å². The van der Waals surface area contributed by atoms with Gasteiger partial charge in [-0.05, 0) is 26.3 Å². The lowest BCUT2D eigenvalue weighted by atomic mass is 10.2. The molecule has 0 bridgehead atoms. The summed E-state index contributed by atoms with van der Waals surface area (Å²) in [5.74, 6) is 0. The Labute approximate surface area is 101 Å². The monoisotopic (exact) mass is 228 g/mol. The number of carbonyl (C=O) groups excluding carboxylic acids is 1. The molecule has 1 aliphatic heterocycles. The van der Waals surface area contributed by atoms with E-state index in [1.807, 2.05) is 6.92 Å². The molecule has 0 amide bonds. The van der Waals surface area contributed by atoms with Crippen molar-refractivity contribution in [3.63, 3.8) is 0 Å². The molecular formula is C13H28N2O. The van der Waals surface area contributed by atoms with Crippen molar-refractivity contribution in [2.45, 2.75) is 52.5 Å². The van der Waals surface area contributed by atoms with Crippen molar-refractivity contribution in [1.82, 2.24) is 4.90 Å². The van der Waals surface area contributed by atoms with E-state index in [2.05, 4.69) is 31.1 Å². The lowest BCUT2D eigenvalue weighted by Crippen LogP contribution is -2.31. The lowest BCUT2D eigenvalue weighted by Gasteiger charge is -2.24. The van der Waals surface area contributed by atoms with Crippen LogP contribution < -0.4 is 5.73 Å². The first kappa shape index (κ1) is 17.6. The summed E-state index contributed by atoms with van der Waals surface area (Å²) in [6.07, 6.45) is 5.38. The van der Waals surface area contributed by atoms with Gasteiger partial charge in [-0.15, -0.1) is 0 Å². The number of allylic oxidation sites excluding steroid dienone is 1. The Bertz CT molecular complexity index is 181. The minimum Gasteiger partial charge on any atom is -0.366 e. The molecule has 1 fully saturated rings. The van der Waals surface area contributed by atoms with Crippen LogP contribution in [0.4, 0.5) is 0 Å². The van der Waals surface area contributed by atoms with Crippen molar-refractivity contribution in [3.8, 4) is 0 Å². The molecule has 1 atom stereocenters. The molecule has 3 heteroatoms. The predicted molar refractivity (Wildman–Crippen MR) is 71.3 cm³/mol. The Morgan fingerprint density at radius 1 is 1.44 bits per heavy atom. The van der Waals surface area contributed by atoms with E-state index >= 15 is 0 Å². The maximum atomic E-state index is 10.6. The highest BCUT2D eigenvalue weighted by molar-refractivity contribution is 5.58. The molecule has 0 aromatic heterocycles. The number of nitrogens with zero attached hydrogens (tertiary/aromatic N) is 1. The van der Waals surface area contributed by atoms with Gasteiger partial charge in [0.05, 0.1) is 6.04 Å². The fraction of sp³-hybridized carbons (Fsp3) is 0.769. The highest BCUT2D eigenvalue weighted by atomic mass is 16.1. The van der Waals surface area contributed by atoms with Crippen molar-refractivity contribution in [2.75, 3.05) is 13.6 Å². The molecular weight excluding hydrogens is 200 g/mol.